The number of carbonyl (C=O) groups is 2. The molecule has 134 valence electrons. The first kappa shape index (κ1) is 18.0. The van der Waals surface area contributed by atoms with E-state index in [0.717, 1.165) is 5.01 Å². The van der Waals surface area contributed by atoms with Gasteiger partial charge in [0.1, 0.15) is 6.04 Å². The maximum Gasteiger partial charge on any atom is 0.244 e. The molecule has 0 radical (unpaired) electrons. The minimum Gasteiger partial charge on any atom is -0.462 e. The quantitative estimate of drug-likeness (QED) is 0.884. The van der Waals surface area contributed by atoms with E-state index < -0.39 is 6.04 Å². The van der Waals surface area contributed by atoms with E-state index in [2.05, 4.69) is 10.3 Å². The summed E-state index contributed by atoms with van der Waals surface area (Å²) < 4.78 is 5.33. The lowest BCUT2D eigenvalue weighted by atomic mass is 10.1. The molecule has 0 saturated carbocycles. The summed E-state index contributed by atoms with van der Waals surface area (Å²) in [7, 11) is 0. The standard InChI is InChI=1S/C17H21N3O3S2/c1-17(2,3)19-15(22)12-9-24-10-20(12)14(21)7-11-8-25-16(18-11)13-5-4-6-23-13/h4-6,8,12H,7,9-10H2,1-3H3,(H,19,22). The van der Waals surface area contributed by atoms with Gasteiger partial charge in [0.2, 0.25) is 11.8 Å². The highest BCUT2D eigenvalue weighted by atomic mass is 32.2. The van der Waals surface area contributed by atoms with Gasteiger partial charge in [0.05, 0.1) is 24.3 Å². The highest BCUT2D eigenvalue weighted by Gasteiger charge is 2.36. The van der Waals surface area contributed by atoms with E-state index in [1.165, 1.54) is 11.3 Å². The van der Waals surface area contributed by atoms with Crippen LogP contribution >= 0.6 is 23.1 Å². The number of furan rings is 1. The summed E-state index contributed by atoms with van der Waals surface area (Å²) in [6.45, 7) is 5.81. The smallest absolute Gasteiger partial charge is 0.244 e. The van der Waals surface area contributed by atoms with Crippen molar-refractivity contribution in [3.63, 3.8) is 0 Å². The minimum atomic E-state index is -0.417. The highest BCUT2D eigenvalue weighted by Crippen LogP contribution is 2.26. The maximum absolute atomic E-state index is 12.7. The normalized spacial score (nSPS) is 17.7. The Morgan fingerprint density at radius 2 is 2.24 bits per heavy atom. The third kappa shape index (κ3) is 4.43. The molecule has 1 aliphatic heterocycles. The van der Waals surface area contributed by atoms with Crippen molar-refractivity contribution in [1.29, 1.82) is 0 Å². The Kier molecular flexibility index (Phi) is 5.19. The van der Waals surface area contributed by atoms with E-state index in [9.17, 15) is 9.59 Å². The zero-order valence-electron chi connectivity index (χ0n) is 14.4. The molecule has 0 aliphatic carbocycles. The van der Waals surface area contributed by atoms with Gasteiger partial charge in [-0.1, -0.05) is 0 Å². The Morgan fingerprint density at radius 3 is 2.92 bits per heavy atom. The molecule has 25 heavy (non-hydrogen) atoms. The Labute approximate surface area is 155 Å². The molecule has 0 aromatic carbocycles. The summed E-state index contributed by atoms with van der Waals surface area (Å²) in [5, 5.41) is 5.58. The molecule has 1 aliphatic rings. The maximum atomic E-state index is 12.7. The van der Waals surface area contributed by atoms with Gasteiger partial charge in [0.15, 0.2) is 10.8 Å². The van der Waals surface area contributed by atoms with E-state index in [4.69, 9.17) is 4.42 Å². The Balaban J connectivity index is 1.65. The van der Waals surface area contributed by atoms with Crippen LogP contribution in [0.3, 0.4) is 0 Å². The second-order valence-corrected chi connectivity index (χ2v) is 8.77. The Bertz CT molecular complexity index is 750. The van der Waals surface area contributed by atoms with Crippen LogP contribution in [0.15, 0.2) is 28.2 Å². The summed E-state index contributed by atoms with van der Waals surface area (Å²) in [5.41, 5.74) is 0.389. The lowest BCUT2D eigenvalue weighted by Crippen LogP contribution is -2.52. The molecule has 1 saturated heterocycles. The second kappa shape index (κ2) is 7.21. The van der Waals surface area contributed by atoms with Crippen LogP contribution in [0.1, 0.15) is 26.5 Å². The topological polar surface area (TPSA) is 75.4 Å². The molecule has 2 amide bonds. The SMILES string of the molecule is CC(C)(C)NC(=O)C1CSCN1C(=O)Cc1csc(-c2ccco2)n1. The van der Waals surface area contributed by atoms with Crippen molar-refractivity contribution in [2.24, 2.45) is 0 Å². The molecule has 2 aromatic heterocycles. The average Bonchev–Trinajstić information content (AvgIpc) is 3.26. The zero-order valence-corrected chi connectivity index (χ0v) is 16.1. The fourth-order valence-corrected chi connectivity index (χ4v) is 4.48. The van der Waals surface area contributed by atoms with Crippen LogP contribution in [0.25, 0.3) is 10.8 Å². The number of thiazole rings is 1. The van der Waals surface area contributed by atoms with Gasteiger partial charge in [0.25, 0.3) is 0 Å². The largest absolute Gasteiger partial charge is 0.462 e. The fraction of sp³-hybridized carbons (Fsp3) is 0.471. The van der Waals surface area contributed by atoms with Crippen LogP contribution in [-0.4, -0.2) is 44.9 Å². The van der Waals surface area contributed by atoms with Gasteiger partial charge in [-0.3, -0.25) is 9.59 Å². The van der Waals surface area contributed by atoms with E-state index in [1.54, 1.807) is 29.0 Å². The number of carbonyl (C=O) groups excluding carboxylic acids is 2. The highest BCUT2D eigenvalue weighted by molar-refractivity contribution is 7.99. The number of thioether (sulfide) groups is 1. The van der Waals surface area contributed by atoms with E-state index in [-0.39, 0.29) is 23.8 Å². The van der Waals surface area contributed by atoms with E-state index in [0.29, 0.717) is 23.1 Å². The lowest BCUT2D eigenvalue weighted by molar-refractivity contribution is -0.138. The van der Waals surface area contributed by atoms with Crippen molar-refractivity contribution >= 4 is 34.9 Å². The van der Waals surface area contributed by atoms with Crippen LogP contribution in [-0.2, 0) is 16.0 Å². The van der Waals surface area contributed by atoms with Crippen molar-refractivity contribution < 1.29 is 14.0 Å². The second-order valence-electron chi connectivity index (χ2n) is 6.92. The third-order valence-electron chi connectivity index (χ3n) is 3.62. The molecular weight excluding hydrogens is 358 g/mol. The van der Waals surface area contributed by atoms with Gasteiger partial charge in [-0.25, -0.2) is 4.98 Å². The van der Waals surface area contributed by atoms with Crippen LogP contribution in [0.5, 0.6) is 0 Å². The number of aromatic nitrogens is 1. The molecule has 1 fully saturated rings. The first-order valence-electron chi connectivity index (χ1n) is 8.01. The number of nitrogens with zero attached hydrogens (tertiary/aromatic N) is 2. The first-order valence-corrected chi connectivity index (χ1v) is 10.0. The molecule has 1 N–H and O–H groups in total. The van der Waals surface area contributed by atoms with Gasteiger partial charge in [-0.2, -0.15) is 0 Å². The molecule has 0 spiro atoms. The molecule has 3 rings (SSSR count). The van der Waals surface area contributed by atoms with Crippen LogP contribution < -0.4 is 5.32 Å². The van der Waals surface area contributed by atoms with Crippen molar-refractivity contribution in [2.45, 2.75) is 38.8 Å². The number of nitrogens with one attached hydrogen (secondary N) is 1. The van der Waals surface area contributed by atoms with Gasteiger partial charge in [0, 0.05) is 16.7 Å². The minimum absolute atomic E-state index is 0.0737. The van der Waals surface area contributed by atoms with E-state index >= 15 is 0 Å². The molecular formula is C17H21N3O3S2. The third-order valence-corrected chi connectivity index (χ3v) is 5.54. The number of hydrogen-bond donors (Lipinski definition) is 1. The first-order chi connectivity index (χ1) is 11.8. The van der Waals surface area contributed by atoms with Crippen molar-refractivity contribution in [3.8, 4) is 10.8 Å². The Hall–Kier alpha value is -1.80. The predicted octanol–water partition coefficient (Wildman–Crippen LogP) is 2.76. The molecule has 0 bridgehead atoms. The molecule has 1 atom stereocenters. The monoisotopic (exact) mass is 379 g/mol. The summed E-state index contributed by atoms with van der Waals surface area (Å²) in [6.07, 6.45) is 1.79. The van der Waals surface area contributed by atoms with Gasteiger partial charge in [-0.05, 0) is 32.9 Å². The number of rotatable bonds is 4. The number of hydrogen-bond acceptors (Lipinski definition) is 6. The van der Waals surface area contributed by atoms with E-state index in [1.807, 2.05) is 32.2 Å². The Morgan fingerprint density at radius 1 is 1.44 bits per heavy atom. The summed E-state index contributed by atoms with van der Waals surface area (Å²) in [5.74, 6) is 1.69. The van der Waals surface area contributed by atoms with Crippen LogP contribution in [0, 0.1) is 0 Å². The average molecular weight is 380 g/mol. The van der Waals surface area contributed by atoms with Crippen molar-refractivity contribution in [3.05, 3.63) is 29.5 Å². The lowest BCUT2D eigenvalue weighted by Gasteiger charge is -2.27. The zero-order chi connectivity index (χ0) is 18.0. The summed E-state index contributed by atoms with van der Waals surface area (Å²) >= 11 is 3.04. The fourth-order valence-electron chi connectivity index (χ4n) is 2.52. The van der Waals surface area contributed by atoms with Crippen molar-refractivity contribution in [2.75, 3.05) is 11.6 Å². The summed E-state index contributed by atoms with van der Waals surface area (Å²) in [6, 6.07) is 3.23. The van der Waals surface area contributed by atoms with Crippen molar-refractivity contribution in [1.82, 2.24) is 15.2 Å². The molecule has 1 unspecified atom stereocenters. The van der Waals surface area contributed by atoms with Gasteiger partial charge >= 0.3 is 0 Å². The molecule has 3 heterocycles. The summed E-state index contributed by atoms with van der Waals surface area (Å²) in [4.78, 5) is 31.2. The van der Waals surface area contributed by atoms with Gasteiger partial charge in [-0.15, -0.1) is 23.1 Å². The van der Waals surface area contributed by atoms with Gasteiger partial charge < -0.3 is 14.6 Å². The molecule has 2 aromatic rings. The molecule has 6 nitrogen and oxygen atoms in total. The van der Waals surface area contributed by atoms with Crippen LogP contribution in [0.2, 0.25) is 0 Å². The predicted molar refractivity (Wildman–Crippen MR) is 99.4 cm³/mol. The number of amides is 2. The molecule has 8 heteroatoms. The van der Waals surface area contributed by atoms with Crippen LogP contribution in [0.4, 0.5) is 0 Å².